The quantitative estimate of drug-likeness (QED) is 0.565. The van der Waals surface area contributed by atoms with Crippen LogP contribution in [0.5, 0.6) is 0 Å². The van der Waals surface area contributed by atoms with Gasteiger partial charge in [0, 0.05) is 37.1 Å². The number of nitrogens with two attached hydrogens (primary N) is 1. The summed E-state index contributed by atoms with van der Waals surface area (Å²) in [5.41, 5.74) is 7.25. The summed E-state index contributed by atoms with van der Waals surface area (Å²) in [7, 11) is 0. The van der Waals surface area contributed by atoms with Crippen LogP contribution in [0, 0.1) is 11.3 Å². The number of amidine groups is 1. The lowest BCUT2D eigenvalue weighted by atomic mass is 10.2. The maximum Gasteiger partial charge on any atom is 0.0918 e. The molecule has 16 heavy (non-hydrogen) atoms. The third-order valence-electron chi connectivity index (χ3n) is 2.18. The lowest BCUT2D eigenvalue weighted by molar-refractivity contribution is 0.244. The van der Waals surface area contributed by atoms with Gasteiger partial charge in [0.2, 0.25) is 0 Å². The summed E-state index contributed by atoms with van der Waals surface area (Å²) in [6.45, 7) is 7.20. The molecule has 0 radical (unpaired) electrons. The molecule has 0 aliphatic heterocycles. The second kappa shape index (κ2) is 6.60. The second-order valence-electron chi connectivity index (χ2n) is 4.37. The zero-order chi connectivity index (χ0) is 12.0. The lowest BCUT2D eigenvalue weighted by Gasteiger charge is -2.23. The van der Waals surface area contributed by atoms with Crippen LogP contribution in [0.3, 0.4) is 0 Å². The molecule has 0 fully saturated rings. The molecule has 0 saturated heterocycles. The van der Waals surface area contributed by atoms with Gasteiger partial charge in [-0.1, -0.05) is 13.8 Å². The second-order valence-corrected chi connectivity index (χ2v) is 5.34. The molecule has 0 aliphatic carbocycles. The van der Waals surface area contributed by atoms with E-state index in [1.807, 2.05) is 11.7 Å². The van der Waals surface area contributed by atoms with Gasteiger partial charge >= 0.3 is 0 Å². The molecule has 0 spiro atoms. The van der Waals surface area contributed by atoms with Crippen molar-refractivity contribution in [3.63, 3.8) is 0 Å². The molecule has 0 bridgehead atoms. The molecule has 1 aromatic heterocycles. The van der Waals surface area contributed by atoms with Gasteiger partial charge in [-0.25, -0.2) is 0 Å². The first-order valence-corrected chi connectivity index (χ1v) is 6.38. The highest BCUT2D eigenvalue weighted by Crippen LogP contribution is 2.11. The molecule has 1 aromatic rings. The van der Waals surface area contributed by atoms with Gasteiger partial charge in [-0.3, -0.25) is 15.3 Å². The van der Waals surface area contributed by atoms with Gasteiger partial charge in [-0.15, -0.1) is 11.3 Å². The summed E-state index contributed by atoms with van der Waals surface area (Å²) < 4.78 is 0. The van der Waals surface area contributed by atoms with Gasteiger partial charge in [0.1, 0.15) is 0 Å². The summed E-state index contributed by atoms with van der Waals surface area (Å²) in [6, 6.07) is 0. The predicted octanol–water partition coefficient (Wildman–Crippen LogP) is 1.93. The van der Waals surface area contributed by atoms with E-state index >= 15 is 0 Å². The number of hydrogen-bond donors (Lipinski definition) is 2. The minimum atomic E-state index is 0.262. The average molecular weight is 240 g/mol. The molecule has 1 heterocycles. The fourth-order valence-corrected chi connectivity index (χ4v) is 2.21. The van der Waals surface area contributed by atoms with Crippen LogP contribution in [0.1, 0.15) is 25.1 Å². The topological polar surface area (TPSA) is 66.0 Å². The van der Waals surface area contributed by atoms with Crippen LogP contribution in [0.15, 0.2) is 11.7 Å². The van der Waals surface area contributed by atoms with Crippen molar-refractivity contribution >= 4 is 17.2 Å². The van der Waals surface area contributed by atoms with Gasteiger partial charge in [-0.05, 0) is 5.92 Å². The molecular weight excluding hydrogens is 220 g/mol. The Morgan fingerprint density at radius 3 is 2.88 bits per heavy atom. The first-order chi connectivity index (χ1) is 7.58. The molecule has 5 heteroatoms. The van der Waals surface area contributed by atoms with Crippen LogP contribution in [0.2, 0.25) is 0 Å². The van der Waals surface area contributed by atoms with Gasteiger partial charge in [0.25, 0.3) is 0 Å². The summed E-state index contributed by atoms with van der Waals surface area (Å²) in [5.74, 6) is 0.887. The van der Waals surface area contributed by atoms with Crippen molar-refractivity contribution in [3.8, 4) is 0 Å². The number of hydrogen-bond acceptors (Lipinski definition) is 4. The van der Waals surface area contributed by atoms with E-state index in [1.165, 1.54) is 4.88 Å². The third kappa shape index (κ3) is 5.23. The largest absolute Gasteiger partial charge is 0.388 e. The molecular formula is C11H20N4S. The Hall–Kier alpha value is -0.940. The minimum Gasteiger partial charge on any atom is -0.388 e. The van der Waals surface area contributed by atoms with Crippen LogP contribution in [0.25, 0.3) is 0 Å². The van der Waals surface area contributed by atoms with E-state index in [2.05, 4.69) is 23.7 Å². The van der Waals surface area contributed by atoms with E-state index in [4.69, 9.17) is 11.1 Å². The van der Waals surface area contributed by atoms with Crippen molar-refractivity contribution in [2.24, 2.45) is 11.7 Å². The van der Waals surface area contributed by atoms with Crippen molar-refractivity contribution in [2.45, 2.75) is 26.8 Å². The van der Waals surface area contributed by atoms with Gasteiger partial charge in [0.05, 0.1) is 11.3 Å². The molecule has 0 aliphatic rings. The van der Waals surface area contributed by atoms with E-state index in [9.17, 15) is 0 Å². The maximum atomic E-state index is 7.26. The summed E-state index contributed by atoms with van der Waals surface area (Å²) in [6.07, 6.45) is 2.55. The van der Waals surface area contributed by atoms with Crippen molar-refractivity contribution in [3.05, 3.63) is 16.6 Å². The average Bonchev–Trinajstić information content (AvgIpc) is 2.66. The summed E-state index contributed by atoms with van der Waals surface area (Å²) in [4.78, 5) is 7.68. The summed E-state index contributed by atoms with van der Waals surface area (Å²) >= 11 is 1.67. The monoisotopic (exact) mass is 240 g/mol. The van der Waals surface area contributed by atoms with Crippen LogP contribution in [-0.2, 0) is 6.54 Å². The standard InChI is InChI=1S/C11H20N4S/c1-9(2)6-15(4-3-11(12)13)7-10-5-14-8-16-10/h5,8-9H,3-4,6-7H2,1-2H3,(H3,12,13). The van der Waals surface area contributed by atoms with Crippen molar-refractivity contribution in [2.75, 3.05) is 13.1 Å². The van der Waals surface area contributed by atoms with Crippen molar-refractivity contribution in [1.29, 1.82) is 5.41 Å². The van der Waals surface area contributed by atoms with Crippen LogP contribution in [-0.4, -0.2) is 28.8 Å². The highest BCUT2D eigenvalue weighted by atomic mass is 32.1. The first kappa shape index (κ1) is 13.1. The molecule has 0 saturated carbocycles. The molecule has 0 amide bonds. The number of nitrogens with one attached hydrogen (secondary N) is 1. The molecule has 4 nitrogen and oxygen atoms in total. The Morgan fingerprint density at radius 1 is 1.62 bits per heavy atom. The molecule has 0 unspecified atom stereocenters. The fourth-order valence-electron chi connectivity index (χ4n) is 1.57. The SMILES string of the molecule is CC(C)CN(CCC(=N)N)Cc1cncs1. The van der Waals surface area contributed by atoms with Crippen LogP contribution < -0.4 is 5.73 Å². The smallest absolute Gasteiger partial charge is 0.0918 e. The fraction of sp³-hybridized carbons (Fsp3) is 0.636. The Bertz CT molecular complexity index is 308. The lowest BCUT2D eigenvalue weighted by Crippen LogP contribution is -2.30. The van der Waals surface area contributed by atoms with E-state index in [-0.39, 0.29) is 5.84 Å². The molecule has 3 N–H and O–H groups in total. The van der Waals surface area contributed by atoms with Gasteiger partial charge in [-0.2, -0.15) is 0 Å². The molecule has 0 atom stereocenters. The van der Waals surface area contributed by atoms with Gasteiger partial charge in [0.15, 0.2) is 0 Å². The van der Waals surface area contributed by atoms with E-state index in [0.29, 0.717) is 12.3 Å². The molecule has 90 valence electrons. The molecule has 1 rings (SSSR count). The van der Waals surface area contributed by atoms with E-state index in [0.717, 1.165) is 19.6 Å². The predicted molar refractivity (Wildman–Crippen MR) is 68.8 cm³/mol. The summed E-state index contributed by atoms with van der Waals surface area (Å²) in [5, 5.41) is 7.26. The number of rotatable bonds is 7. The Morgan fingerprint density at radius 2 is 2.38 bits per heavy atom. The Kier molecular flexibility index (Phi) is 5.42. The zero-order valence-electron chi connectivity index (χ0n) is 9.94. The number of aromatic nitrogens is 1. The zero-order valence-corrected chi connectivity index (χ0v) is 10.8. The Balaban J connectivity index is 2.46. The van der Waals surface area contributed by atoms with Crippen molar-refractivity contribution < 1.29 is 0 Å². The normalized spacial score (nSPS) is 11.2. The van der Waals surface area contributed by atoms with Crippen LogP contribution >= 0.6 is 11.3 Å². The number of thiazole rings is 1. The Labute approximate surface area is 101 Å². The van der Waals surface area contributed by atoms with E-state index in [1.54, 1.807) is 11.3 Å². The first-order valence-electron chi connectivity index (χ1n) is 5.50. The van der Waals surface area contributed by atoms with Gasteiger partial charge < -0.3 is 5.73 Å². The highest BCUT2D eigenvalue weighted by molar-refractivity contribution is 7.09. The van der Waals surface area contributed by atoms with E-state index < -0.39 is 0 Å². The molecule has 0 aromatic carbocycles. The van der Waals surface area contributed by atoms with Crippen LogP contribution in [0.4, 0.5) is 0 Å². The third-order valence-corrected chi connectivity index (χ3v) is 2.95. The van der Waals surface area contributed by atoms with Crippen molar-refractivity contribution in [1.82, 2.24) is 9.88 Å². The maximum absolute atomic E-state index is 7.26. The highest BCUT2D eigenvalue weighted by Gasteiger charge is 2.09. The minimum absolute atomic E-state index is 0.262. The number of nitrogens with zero attached hydrogens (tertiary/aromatic N) is 2.